The standard InChI is InChI=1S/C10H14BrNOS/c11-10-2-1-9(13-10)6-12-5-8-3-4-14-7-8/h1-2,8,12H,3-7H2. The molecule has 1 N–H and O–H groups in total. The van der Waals surface area contributed by atoms with Crippen LogP contribution in [0.15, 0.2) is 21.2 Å². The first-order chi connectivity index (χ1) is 6.84. The van der Waals surface area contributed by atoms with E-state index in [1.807, 2.05) is 12.1 Å². The van der Waals surface area contributed by atoms with Crippen molar-refractivity contribution in [3.8, 4) is 0 Å². The van der Waals surface area contributed by atoms with Gasteiger partial charge in [0.05, 0.1) is 6.54 Å². The Kier molecular flexibility index (Phi) is 3.96. The molecule has 1 fully saturated rings. The van der Waals surface area contributed by atoms with Crippen molar-refractivity contribution in [2.24, 2.45) is 5.92 Å². The van der Waals surface area contributed by atoms with Crippen LogP contribution in [0.3, 0.4) is 0 Å². The van der Waals surface area contributed by atoms with Crippen molar-refractivity contribution in [3.05, 3.63) is 22.6 Å². The predicted molar refractivity (Wildman–Crippen MR) is 63.5 cm³/mol. The molecule has 2 rings (SSSR count). The number of hydrogen-bond donors (Lipinski definition) is 1. The van der Waals surface area contributed by atoms with E-state index >= 15 is 0 Å². The maximum atomic E-state index is 5.40. The lowest BCUT2D eigenvalue weighted by atomic mass is 10.1. The van der Waals surface area contributed by atoms with Gasteiger partial charge in [-0.1, -0.05) is 0 Å². The summed E-state index contributed by atoms with van der Waals surface area (Å²) >= 11 is 5.35. The van der Waals surface area contributed by atoms with Crippen LogP contribution >= 0.6 is 27.7 Å². The zero-order valence-electron chi connectivity index (χ0n) is 7.96. The molecule has 14 heavy (non-hydrogen) atoms. The molecule has 0 aromatic carbocycles. The molecule has 1 saturated heterocycles. The Balaban J connectivity index is 1.67. The van der Waals surface area contributed by atoms with Gasteiger partial charge < -0.3 is 9.73 Å². The van der Waals surface area contributed by atoms with Crippen molar-refractivity contribution in [3.63, 3.8) is 0 Å². The van der Waals surface area contributed by atoms with Gasteiger partial charge in [-0.2, -0.15) is 11.8 Å². The number of nitrogens with one attached hydrogen (secondary N) is 1. The SMILES string of the molecule is Brc1ccc(CNCC2CCSC2)o1. The maximum Gasteiger partial charge on any atom is 0.169 e. The monoisotopic (exact) mass is 275 g/mol. The van der Waals surface area contributed by atoms with E-state index in [9.17, 15) is 0 Å². The van der Waals surface area contributed by atoms with Crippen molar-refractivity contribution in [2.45, 2.75) is 13.0 Å². The van der Waals surface area contributed by atoms with Crippen LogP contribution in [0.1, 0.15) is 12.2 Å². The van der Waals surface area contributed by atoms with Gasteiger partial charge in [0, 0.05) is 0 Å². The Morgan fingerprint density at radius 1 is 1.57 bits per heavy atom. The first kappa shape index (κ1) is 10.6. The number of thioether (sulfide) groups is 1. The van der Waals surface area contributed by atoms with E-state index in [2.05, 4.69) is 33.0 Å². The van der Waals surface area contributed by atoms with E-state index in [1.165, 1.54) is 17.9 Å². The molecular weight excluding hydrogens is 262 g/mol. The van der Waals surface area contributed by atoms with Gasteiger partial charge in [-0.25, -0.2) is 0 Å². The Morgan fingerprint density at radius 2 is 2.50 bits per heavy atom. The van der Waals surface area contributed by atoms with E-state index in [-0.39, 0.29) is 0 Å². The average Bonchev–Trinajstić information content (AvgIpc) is 2.77. The summed E-state index contributed by atoms with van der Waals surface area (Å²) in [6, 6.07) is 3.93. The Hall–Kier alpha value is 0.0700. The van der Waals surface area contributed by atoms with Crippen molar-refractivity contribution in [2.75, 3.05) is 18.1 Å². The molecule has 1 aliphatic rings. The first-order valence-corrected chi connectivity index (χ1v) is 6.82. The number of rotatable bonds is 4. The molecule has 0 aliphatic carbocycles. The molecule has 0 saturated carbocycles. The van der Waals surface area contributed by atoms with Crippen LogP contribution in [0.25, 0.3) is 0 Å². The molecular formula is C10H14BrNOS. The Bertz CT molecular complexity index is 283. The number of hydrogen-bond acceptors (Lipinski definition) is 3. The van der Waals surface area contributed by atoms with Gasteiger partial charge >= 0.3 is 0 Å². The fraction of sp³-hybridized carbons (Fsp3) is 0.600. The molecule has 0 spiro atoms. The summed E-state index contributed by atoms with van der Waals surface area (Å²) in [7, 11) is 0. The van der Waals surface area contributed by atoms with Crippen molar-refractivity contribution in [1.82, 2.24) is 5.32 Å². The summed E-state index contributed by atoms with van der Waals surface area (Å²) in [5.74, 6) is 4.51. The molecule has 2 heterocycles. The lowest BCUT2D eigenvalue weighted by molar-refractivity contribution is 0.445. The highest BCUT2D eigenvalue weighted by Crippen LogP contribution is 2.22. The number of furan rings is 1. The fourth-order valence-electron chi connectivity index (χ4n) is 1.59. The van der Waals surface area contributed by atoms with Gasteiger partial charge in [0.2, 0.25) is 0 Å². The van der Waals surface area contributed by atoms with Gasteiger partial charge in [-0.15, -0.1) is 0 Å². The Morgan fingerprint density at radius 3 is 3.14 bits per heavy atom. The third-order valence-electron chi connectivity index (χ3n) is 2.39. The van der Waals surface area contributed by atoms with Crippen LogP contribution < -0.4 is 5.32 Å². The van der Waals surface area contributed by atoms with Crippen LogP contribution in [-0.4, -0.2) is 18.1 Å². The molecule has 1 atom stereocenters. The summed E-state index contributed by atoms with van der Waals surface area (Å²) in [4.78, 5) is 0. The van der Waals surface area contributed by atoms with E-state index < -0.39 is 0 Å². The zero-order valence-corrected chi connectivity index (χ0v) is 10.4. The van der Waals surface area contributed by atoms with Crippen LogP contribution in [0, 0.1) is 5.92 Å². The van der Waals surface area contributed by atoms with Crippen molar-refractivity contribution < 1.29 is 4.42 Å². The normalized spacial score (nSPS) is 21.6. The minimum atomic E-state index is 0.811. The van der Waals surface area contributed by atoms with E-state index in [0.29, 0.717) is 0 Å². The second kappa shape index (κ2) is 5.24. The fourth-order valence-corrected chi connectivity index (χ4v) is 3.22. The average molecular weight is 276 g/mol. The largest absolute Gasteiger partial charge is 0.453 e. The van der Waals surface area contributed by atoms with Crippen LogP contribution in [0.4, 0.5) is 0 Å². The summed E-state index contributed by atoms with van der Waals surface area (Å²) in [6.45, 7) is 1.96. The summed E-state index contributed by atoms with van der Waals surface area (Å²) in [5.41, 5.74) is 0. The summed E-state index contributed by atoms with van der Waals surface area (Å²) in [5, 5.41) is 3.43. The summed E-state index contributed by atoms with van der Waals surface area (Å²) in [6.07, 6.45) is 1.36. The molecule has 4 heteroatoms. The lowest BCUT2D eigenvalue weighted by Crippen LogP contribution is -2.21. The second-order valence-electron chi connectivity index (χ2n) is 3.57. The molecule has 1 aromatic heterocycles. The molecule has 1 unspecified atom stereocenters. The molecule has 0 amide bonds. The lowest BCUT2D eigenvalue weighted by Gasteiger charge is -2.08. The van der Waals surface area contributed by atoms with Crippen LogP contribution in [0.2, 0.25) is 0 Å². The smallest absolute Gasteiger partial charge is 0.169 e. The number of halogens is 1. The van der Waals surface area contributed by atoms with Crippen LogP contribution in [-0.2, 0) is 6.54 Å². The van der Waals surface area contributed by atoms with Gasteiger partial charge in [-0.3, -0.25) is 0 Å². The molecule has 78 valence electrons. The van der Waals surface area contributed by atoms with Gasteiger partial charge in [-0.05, 0) is 58.5 Å². The molecule has 1 aromatic rings. The minimum Gasteiger partial charge on any atom is -0.453 e. The maximum absolute atomic E-state index is 5.40. The molecule has 2 nitrogen and oxygen atoms in total. The highest BCUT2D eigenvalue weighted by atomic mass is 79.9. The highest BCUT2D eigenvalue weighted by Gasteiger charge is 2.14. The van der Waals surface area contributed by atoms with Gasteiger partial charge in [0.1, 0.15) is 5.76 Å². The minimum absolute atomic E-state index is 0.811. The molecule has 0 radical (unpaired) electrons. The van der Waals surface area contributed by atoms with Gasteiger partial charge in [0.15, 0.2) is 4.67 Å². The van der Waals surface area contributed by atoms with Crippen molar-refractivity contribution >= 4 is 27.7 Å². The van der Waals surface area contributed by atoms with Crippen LogP contribution in [0.5, 0.6) is 0 Å². The van der Waals surface area contributed by atoms with E-state index in [4.69, 9.17) is 4.42 Å². The highest BCUT2D eigenvalue weighted by molar-refractivity contribution is 9.10. The molecule has 0 bridgehead atoms. The molecule has 1 aliphatic heterocycles. The van der Waals surface area contributed by atoms with Crippen molar-refractivity contribution in [1.29, 1.82) is 0 Å². The van der Waals surface area contributed by atoms with E-state index in [1.54, 1.807) is 0 Å². The first-order valence-electron chi connectivity index (χ1n) is 4.87. The third kappa shape index (κ3) is 3.04. The second-order valence-corrected chi connectivity index (χ2v) is 5.50. The third-order valence-corrected chi connectivity index (χ3v) is 4.04. The quantitative estimate of drug-likeness (QED) is 0.915. The zero-order chi connectivity index (χ0) is 9.80. The summed E-state index contributed by atoms with van der Waals surface area (Å²) < 4.78 is 6.21. The Labute approximate surface area is 97.0 Å². The topological polar surface area (TPSA) is 25.2 Å². The van der Waals surface area contributed by atoms with E-state index in [0.717, 1.165) is 29.4 Å². The van der Waals surface area contributed by atoms with Gasteiger partial charge in [0.25, 0.3) is 0 Å². The predicted octanol–water partition coefficient (Wildman–Crippen LogP) is 2.88.